The Balaban J connectivity index is 2.36. The van der Waals surface area contributed by atoms with Gasteiger partial charge in [-0.1, -0.05) is 0 Å². The van der Waals surface area contributed by atoms with E-state index in [1.807, 2.05) is 0 Å². The van der Waals surface area contributed by atoms with Gasteiger partial charge in [0.2, 0.25) is 0 Å². The topological polar surface area (TPSA) is 66.4 Å². The van der Waals surface area contributed by atoms with Crippen molar-refractivity contribution in [1.29, 1.82) is 0 Å². The van der Waals surface area contributed by atoms with E-state index in [4.69, 9.17) is 4.74 Å². The predicted molar refractivity (Wildman–Crippen MR) is 55.3 cm³/mol. The minimum atomic E-state index is -1.04. The molecule has 1 rings (SSSR count). The maximum atomic E-state index is 11.2. The lowest BCUT2D eigenvalue weighted by molar-refractivity contribution is -0.313. The predicted octanol–water partition coefficient (Wildman–Crippen LogP) is 0.158. The first-order valence-electron chi connectivity index (χ1n) is 5.14. The second kappa shape index (κ2) is 6.00. The van der Waals surface area contributed by atoms with Crippen molar-refractivity contribution in [1.82, 2.24) is 0 Å². The molecule has 4 nitrogen and oxygen atoms in total. The number of carbonyl (C=O) groups excluding carboxylic acids is 2. The zero-order chi connectivity index (χ0) is 11.3. The number of hydrogen-bond donors (Lipinski definition) is 1. The molecule has 0 aromatic carbocycles. The molecule has 1 aliphatic rings. The van der Waals surface area contributed by atoms with E-state index in [1.165, 1.54) is 0 Å². The smallest absolute Gasteiger partial charge is 0.306 e. The Labute approximate surface area is 94.4 Å². The summed E-state index contributed by atoms with van der Waals surface area (Å²) in [6.45, 7) is 0. The number of aliphatic carboxylic acids is 1. The summed E-state index contributed by atoms with van der Waals surface area (Å²) in [5, 5.41) is 10.6. The van der Waals surface area contributed by atoms with E-state index in [0.717, 1.165) is 12.8 Å². The molecule has 0 aliphatic heterocycles. The Morgan fingerprint density at radius 2 is 2.13 bits per heavy atom. The molecule has 15 heavy (non-hydrogen) atoms. The van der Waals surface area contributed by atoms with Crippen LogP contribution in [0.2, 0.25) is 0 Å². The SMILES string of the molecule is O=C(CCS)OC1CCCC(C(=O)[O-])C1. The molecule has 1 fully saturated rings. The third-order valence-electron chi connectivity index (χ3n) is 2.57. The number of hydrogen-bond acceptors (Lipinski definition) is 5. The van der Waals surface area contributed by atoms with Crippen LogP contribution in [0.4, 0.5) is 0 Å². The highest BCUT2D eigenvalue weighted by atomic mass is 32.1. The third kappa shape index (κ3) is 4.11. The molecule has 0 aromatic rings. The molecular weight excluding hydrogens is 216 g/mol. The van der Waals surface area contributed by atoms with Gasteiger partial charge >= 0.3 is 5.97 Å². The van der Waals surface area contributed by atoms with Gasteiger partial charge in [0.25, 0.3) is 0 Å². The first-order chi connectivity index (χ1) is 7.13. The molecule has 0 heterocycles. The van der Waals surface area contributed by atoms with Gasteiger partial charge < -0.3 is 14.6 Å². The molecule has 0 bridgehead atoms. The Bertz CT molecular complexity index is 242. The summed E-state index contributed by atoms with van der Waals surface area (Å²) in [4.78, 5) is 21.8. The number of carbonyl (C=O) groups is 2. The van der Waals surface area contributed by atoms with Crippen LogP contribution in [0.15, 0.2) is 0 Å². The fourth-order valence-corrected chi connectivity index (χ4v) is 1.98. The van der Waals surface area contributed by atoms with Gasteiger partial charge in [-0.3, -0.25) is 4.79 Å². The van der Waals surface area contributed by atoms with E-state index >= 15 is 0 Å². The highest BCUT2D eigenvalue weighted by Crippen LogP contribution is 2.26. The van der Waals surface area contributed by atoms with E-state index in [9.17, 15) is 14.7 Å². The zero-order valence-electron chi connectivity index (χ0n) is 8.48. The van der Waals surface area contributed by atoms with Gasteiger partial charge in [0, 0.05) is 17.6 Å². The number of carboxylic acids is 1. The first-order valence-corrected chi connectivity index (χ1v) is 5.78. The standard InChI is InChI=1S/C10H16O4S/c11-9(4-5-15)14-8-3-1-2-7(6-8)10(12)13/h7-8,15H,1-6H2,(H,12,13)/p-1. The van der Waals surface area contributed by atoms with Crippen LogP contribution in [0.25, 0.3) is 0 Å². The van der Waals surface area contributed by atoms with Crippen LogP contribution < -0.4 is 5.11 Å². The lowest BCUT2D eigenvalue weighted by atomic mass is 9.87. The van der Waals surface area contributed by atoms with Crippen LogP contribution in [0.1, 0.15) is 32.1 Å². The number of ether oxygens (including phenoxy) is 1. The number of carboxylic acid groups (broad SMARTS) is 1. The molecule has 0 aromatic heterocycles. The summed E-state index contributed by atoms with van der Waals surface area (Å²) in [6.07, 6.45) is 2.56. The van der Waals surface area contributed by atoms with Gasteiger partial charge in [0.15, 0.2) is 0 Å². The quantitative estimate of drug-likeness (QED) is 0.553. The van der Waals surface area contributed by atoms with Crippen LogP contribution >= 0.6 is 12.6 Å². The molecule has 0 N–H and O–H groups in total. The summed E-state index contributed by atoms with van der Waals surface area (Å²) in [6, 6.07) is 0. The summed E-state index contributed by atoms with van der Waals surface area (Å²) in [7, 11) is 0. The normalized spacial score (nSPS) is 25.9. The molecule has 86 valence electrons. The van der Waals surface area contributed by atoms with Crippen molar-refractivity contribution in [2.24, 2.45) is 5.92 Å². The number of rotatable bonds is 4. The van der Waals surface area contributed by atoms with E-state index in [1.54, 1.807) is 0 Å². The summed E-state index contributed by atoms with van der Waals surface area (Å²) < 4.78 is 5.13. The first kappa shape index (κ1) is 12.4. The molecule has 2 atom stereocenters. The van der Waals surface area contributed by atoms with Crippen molar-refractivity contribution in [3.63, 3.8) is 0 Å². The molecular formula is C10H15O4S-. The minimum Gasteiger partial charge on any atom is -0.550 e. The second-order valence-corrected chi connectivity index (χ2v) is 4.22. The monoisotopic (exact) mass is 231 g/mol. The van der Waals surface area contributed by atoms with Crippen LogP contribution in [0, 0.1) is 5.92 Å². The fourth-order valence-electron chi connectivity index (χ4n) is 1.80. The average molecular weight is 231 g/mol. The van der Waals surface area contributed by atoms with Gasteiger partial charge in [-0.25, -0.2) is 0 Å². The molecule has 0 spiro atoms. The van der Waals surface area contributed by atoms with Gasteiger partial charge in [0.05, 0.1) is 6.42 Å². The average Bonchev–Trinajstić information content (AvgIpc) is 2.18. The lowest BCUT2D eigenvalue weighted by Gasteiger charge is -2.29. The van der Waals surface area contributed by atoms with Crippen LogP contribution in [0.5, 0.6) is 0 Å². The van der Waals surface area contributed by atoms with Crippen molar-refractivity contribution >= 4 is 24.6 Å². The minimum absolute atomic E-state index is 0.256. The molecule has 2 unspecified atom stereocenters. The number of thiol groups is 1. The van der Waals surface area contributed by atoms with Crippen molar-refractivity contribution in [2.45, 2.75) is 38.2 Å². The zero-order valence-corrected chi connectivity index (χ0v) is 9.37. The fraction of sp³-hybridized carbons (Fsp3) is 0.800. The molecule has 1 aliphatic carbocycles. The van der Waals surface area contributed by atoms with Crippen LogP contribution in [-0.2, 0) is 14.3 Å². The highest BCUT2D eigenvalue weighted by molar-refractivity contribution is 7.80. The summed E-state index contributed by atoms with van der Waals surface area (Å²) in [5.41, 5.74) is 0. The van der Waals surface area contributed by atoms with E-state index in [2.05, 4.69) is 12.6 Å². The van der Waals surface area contributed by atoms with Crippen molar-refractivity contribution in [2.75, 3.05) is 5.75 Å². The molecule has 0 amide bonds. The maximum Gasteiger partial charge on any atom is 0.306 e. The Morgan fingerprint density at radius 3 is 2.73 bits per heavy atom. The Morgan fingerprint density at radius 1 is 1.40 bits per heavy atom. The van der Waals surface area contributed by atoms with E-state index in [0.29, 0.717) is 18.6 Å². The van der Waals surface area contributed by atoms with Crippen molar-refractivity contribution in [3.05, 3.63) is 0 Å². The largest absolute Gasteiger partial charge is 0.550 e. The summed E-state index contributed by atoms with van der Waals surface area (Å²) in [5.74, 6) is -1.35. The van der Waals surface area contributed by atoms with E-state index in [-0.39, 0.29) is 18.5 Å². The van der Waals surface area contributed by atoms with Gasteiger partial charge in [-0.15, -0.1) is 0 Å². The Hall–Kier alpha value is -0.710. The van der Waals surface area contributed by atoms with Crippen LogP contribution in [-0.4, -0.2) is 23.8 Å². The third-order valence-corrected chi connectivity index (χ3v) is 2.80. The second-order valence-electron chi connectivity index (χ2n) is 3.77. The molecule has 0 saturated heterocycles. The molecule has 0 radical (unpaired) electrons. The Kier molecular flexibility index (Phi) is 4.94. The van der Waals surface area contributed by atoms with Crippen LogP contribution in [0.3, 0.4) is 0 Å². The van der Waals surface area contributed by atoms with Crippen molar-refractivity contribution in [3.8, 4) is 0 Å². The lowest BCUT2D eigenvalue weighted by Crippen LogP contribution is -2.37. The van der Waals surface area contributed by atoms with E-state index < -0.39 is 11.9 Å². The van der Waals surface area contributed by atoms with Gasteiger partial charge in [0.1, 0.15) is 6.10 Å². The molecule has 1 saturated carbocycles. The summed E-state index contributed by atoms with van der Waals surface area (Å²) >= 11 is 3.92. The highest BCUT2D eigenvalue weighted by Gasteiger charge is 2.25. The van der Waals surface area contributed by atoms with Crippen molar-refractivity contribution < 1.29 is 19.4 Å². The maximum absolute atomic E-state index is 11.2. The molecule has 5 heteroatoms. The van der Waals surface area contributed by atoms with Gasteiger partial charge in [-0.2, -0.15) is 12.6 Å². The van der Waals surface area contributed by atoms with Gasteiger partial charge in [-0.05, 0) is 25.7 Å². The number of esters is 1.